The number of para-hydroxylation sites is 1. The van der Waals surface area contributed by atoms with Crippen molar-refractivity contribution in [2.45, 2.75) is 51.8 Å². The van der Waals surface area contributed by atoms with Crippen LogP contribution in [-0.4, -0.2) is 56.6 Å². The minimum absolute atomic E-state index is 0.318. The van der Waals surface area contributed by atoms with Crippen LogP contribution in [0.15, 0.2) is 30.9 Å². The van der Waals surface area contributed by atoms with Crippen LogP contribution in [0.25, 0.3) is 0 Å². The van der Waals surface area contributed by atoms with Crippen LogP contribution in [0.5, 0.6) is 5.75 Å². The number of ether oxygens (including phenoxy) is 1. The van der Waals surface area contributed by atoms with Gasteiger partial charge in [-0.2, -0.15) is 5.10 Å². The molecule has 2 atom stereocenters. The lowest BCUT2D eigenvalue weighted by Crippen LogP contribution is -2.46. The van der Waals surface area contributed by atoms with Gasteiger partial charge < -0.3 is 9.84 Å². The normalized spacial score (nSPS) is 19.7. The molecule has 6 heteroatoms. The molecule has 1 aromatic heterocycles. The SMILES string of the molecule is Cc1cccc(C)c1OC[C@H](O)CN1CCCC[C@@H]1Cn1cncn1. The van der Waals surface area contributed by atoms with Crippen LogP contribution in [0.1, 0.15) is 30.4 Å². The standard InChI is InChI=1S/C19H28N4O2/c1-15-6-5-7-16(2)19(15)25-12-18(24)11-22-9-4-3-8-17(22)10-23-14-20-13-21-23/h5-7,13-14,17-18,24H,3-4,8-12H2,1-2H3/t17-,18-/m1/s1. The molecule has 1 aromatic carbocycles. The van der Waals surface area contributed by atoms with E-state index in [0.29, 0.717) is 19.2 Å². The Morgan fingerprint density at radius 1 is 1.28 bits per heavy atom. The van der Waals surface area contributed by atoms with Crippen LogP contribution in [0.4, 0.5) is 0 Å². The third kappa shape index (κ3) is 4.80. The molecule has 1 aliphatic heterocycles. The number of piperidine rings is 1. The molecule has 0 spiro atoms. The molecule has 1 aliphatic rings. The summed E-state index contributed by atoms with van der Waals surface area (Å²) in [5.74, 6) is 0.888. The van der Waals surface area contributed by atoms with Gasteiger partial charge in [0.05, 0.1) is 6.54 Å². The van der Waals surface area contributed by atoms with Crippen LogP contribution in [0.2, 0.25) is 0 Å². The molecule has 6 nitrogen and oxygen atoms in total. The molecule has 1 N–H and O–H groups in total. The number of rotatable bonds is 7. The van der Waals surface area contributed by atoms with Crippen molar-refractivity contribution >= 4 is 0 Å². The van der Waals surface area contributed by atoms with Gasteiger partial charge in [0.25, 0.3) is 0 Å². The predicted molar refractivity (Wildman–Crippen MR) is 96.7 cm³/mol. The summed E-state index contributed by atoms with van der Waals surface area (Å²) in [5.41, 5.74) is 2.21. The number of hydrogen-bond donors (Lipinski definition) is 1. The fraction of sp³-hybridized carbons (Fsp3) is 0.579. The predicted octanol–water partition coefficient (Wildman–Crippen LogP) is 2.19. The molecule has 0 aliphatic carbocycles. The van der Waals surface area contributed by atoms with E-state index in [1.165, 1.54) is 12.8 Å². The summed E-state index contributed by atoms with van der Waals surface area (Å²) in [6.45, 7) is 6.85. The van der Waals surface area contributed by atoms with Crippen molar-refractivity contribution in [2.24, 2.45) is 0 Å². The number of aliphatic hydroxyl groups is 1. The maximum absolute atomic E-state index is 10.5. The summed E-state index contributed by atoms with van der Waals surface area (Å²) >= 11 is 0. The largest absolute Gasteiger partial charge is 0.490 e. The summed E-state index contributed by atoms with van der Waals surface area (Å²) in [6.07, 6.45) is 6.36. The summed E-state index contributed by atoms with van der Waals surface area (Å²) in [5, 5.41) is 14.7. The minimum atomic E-state index is -0.504. The van der Waals surface area contributed by atoms with Crippen molar-refractivity contribution in [3.05, 3.63) is 42.0 Å². The molecule has 1 fully saturated rings. The summed E-state index contributed by atoms with van der Waals surface area (Å²) in [7, 11) is 0. The highest BCUT2D eigenvalue weighted by Gasteiger charge is 2.25. The van der Waals surface area contributed by atoms with E-state index >= 15 is 0 Å². The van der Waals surface area contributed by atoms with Crippen LogP contribution in [0.3, 0.4) is 0 Å². The Balaban J connectivity index is 1.54. The van der Waals surface area contributed by atoms with E-state index in [9.17, 15) is 5.11 Å². The molecule has 0 saturated carbocycles. The zero-order valence-corrected chi connectivity index (χ0v) is 15.1. The fourth-order valence-corrected chi connectivity index (χ4v) is 3.58. The van der Waals surface area contributed by atoms with Gasteiger partial charge in [0.1, 0.15) is 31.1 Å². The highest BCUT2D eigenvalue weighted by molar-refractivity contribution is 5.39. The number of hydrogen-bond acceptors (Lipinski definition) is 5. The van der Waals surface area contributed by atoms with E-state index < -0.39 is 6.10 Å². The Hall–Kier alpha value is -1.92. The van der Waals surface area contributed by atoms with Crippen molar-refractivity contribution in [2.75, 3.05) is 19.7 Å². The maximum Gasteiger partial charge on any atom is 0.137 e. The van der Waals surface area contributed by atoms with E-state index in [2.05, 4.69) is 15.0 Å². The first-order valence-electron chi connectivity index (χ1n) is 9.07. The monoisotopic (exact) mass is 344 g/mol. The first kappa shape index (κ1) is 17.9. The van der Waals surface area contributed by atoms with Crippen LogP contribution in [0, 0.1) is 13.8 Å². The van der Waals surface area contributed by atoms with Crippen molar-refractivity contribution in [3.8, 4) is 5.75 Å². The molecule has 1 saturated heterocycles. The van der Waals surface area contributed by atoms with Gasteiger partial charge in [-0.05, 0) is 44.4 Å². The van der Waals surface area contributed by atoms with Gasteiger partial charge in [-0.1, -0.05) is 24.6 Å². The van der Waals surface area contributed by atoms with Gasteiger partial charge in [0, 0.05) is 12.6 Å². The van der Waals surface area contributed by atoms with Crippen molar-refractivity contribution in [1.82, 2.24) is 19.7 Å². The van der Waals surface area contributed by atoms with Gasteiger partial charge in [-0.25, -0.2) is 4.98 Å². The van der Waals surface area contributed by atoms with E-state index in [4.69, 9.17) is 4.74 Å². The second-order valence-corrected chi connectivity index (χ2v) is 6.95. The average Bonchev–Trinajstić information content (AvgIpc) is 3.09. The Morgan fingerprint density at radius 3 is 2.80 bits per heavy atom. The lowest BCUT2D eigenvalue weighted by Gasteiger charge is -2.36. The Kier molecular flexibility index (Phi) is 6.04. The van der Waals surface area contributed by atoms with Gasteiger partial charge in [0.2, 0.25) is 0 Å². The maximum atomic E-state index is 10.5. The van der Waals surface area contributed by atoms with Gasteiger partial charge in [-0.15, -0.1) is 0 Å². The number of aryl methyl sites for hydroxylation is 2. The number of likely N-dealkylation sites (tertiary alicyclic amines) is 1. The zero-order chi connectivity index (χ0) is 17.6. The van der Waals surface area contributed by atoms with Crippen molar-refractivity contribution in [3.63, 3.8) is 0 Å². The highest BCUT2D eigenvalue weighted by Crippen LogP contribution is 2.23. The van der Waals surface area contributed by atoms with Gasteiger partial charge >= 0.3 is 0 Å². The smallest absolute Gasteiger partial charge is 0.137 e. The molecule has 0 bridgehead atoms. The molecule has 136 valence electrons. The average molecular weight is 344 g/mol. The zero-order valence-electron chi connectivity index (χ0n) is 15.1. The quantitative estimate of drug-likeness (QED) is 0.834. The second kappa shape index (κ2) is 8.45. The first-order chi connectivity index (χ1) is 12.1. The number of β-amino-alcohol motifs (C(OH)–C–C–N with tert-alkyl or cyclic N) is 1. The third-order valence-corrected chi connectivity index (χ3v) is 4.89. The molecule has 0 radical (unpaired) electrons. The highest BCUT2D eigenvalue weighted by atomic mass is 16.5. The number of aromatic nitrogens is 3. The topological polar surface area (TPSA) is 63.4 Å². The molecule has 2 heterocycles. The van der Waals surface area contributed by atoms with Gasteiger partial charge in [0.15, 0.2) is 0 Å². The lowest BCUT2D eigenvalue weighted by molar-refractivity contribution is 0.0342. The third-order valence-electron chi connectivity index (χ3n) is 4.89. The molecule has 0 amide bonds. The van der Waals surface area contributed by atoms with Crippen LogP contribution >= 0.6 is 0 Å². The summed E-state index contributed by atoms with van der Waals surface area (Å²) in [6, 6.07) is 6.49. The molecule has 25 heavy (non-hydrogen) atoms. The van der Waals surface area contributed by atoms with E-state index in [0.717, 1.165) is 36.4 Å². The van der Waals surface area contributed by atoms with Crippen molar-refractivity contribution < 1.29 is 9.84 Å². The minimum Gasteiger partial charge on any atom is -0.490 e. The Morgan fingerprint density at radius 2 is 2.08 bits per heavy atom. The summed E-state index contributed by atoms with van der Waals surface area (Å²) < 4.78 is 7.79. The van der Waals surface area contributed by atoms with E-state index in [1.807, 2.05) is 36.7 Å². The van der Waals surface area contributed by atoms with E-state index in [-0.39, 0.29) is 0 Å². The number of aliphatic hydroxyl groups excluding tert-OH is 1. The molecule has 3 rings (SSSR count). The number of benzene rings is 1. The Bertz CT molecular complexity index is 639. The van der Waals surface area contributed by atoms with Crippen LogP contribution < -0.4 is 4.74 Å². The van der Waals surface area contributed by atoms with Crippen LogP contribution in [-0.2, 0) is 6.54 Å². The fourth-order valence-electron chi connectivity index (χ4n) is 3.58. The molecular weight excluding hydrogens is 316 g/mol. The molecule has 0 unspecified atom stereocenters. The first-order valence-corrected chi connectivity index (χ1v) is 9.07. The van der Waals surface area contributed by atoms with E-state index in [1.54, 1.807) is 12.7 Å². The number of nitrogens with zero attached hydrogens (tertiary/aromatic N) is 4. The molecule has 2 aromatic rings. The molecular formula is C19H28N4O2. The second-order valence-electron chi connectivity index (χ2n) is 6.95. The lowest BCUT2D eigenvalue weighted by atomic mass is 10.0. The van der Waals surface area contributed by atoms with Gasteiger partial charge in [-0.3, -0.25) is 9.58 Å². The Labute approximate surface area is 149 Å². The summed E-state index contributed by atoms with van der Waals surface area (Å²) in [4.78, 5) is 6.38. The van der Waals surface area contributed by atoms with Crippen molar-refractivity contribution in [1.29, 1.82) is 0 Å².